The first-order chi connectivity index (χ1) is 27.1. The Bertz CT molecular complexity index is 2100. The van der Waals surface area contributed by atoms with Gasteiger partial charge in [-0.1, -0.05) is 0 Å². The molecule has 0 spiro atoms. The number of aromatic nitrogens is 2. The van der Waals surface area contributed by atoms with Gasteiger partial charge in [0.05, 0.1) is 23.7 Å². The summed E-state index contributed by atoms with van der Waals surface area (Å²) in [4.78, 5) is 59.9. The number of methoxy groups -OCH3 is 1. The molecule has 56 heavy (non-hydrogen) atoms. The van der Waals surface area contributed by atoms with Gasteiger partial charge in [0, 0.05) is 74.4 Å². The molecule has 3 fully saturated rings. The van der Waals surface area contributed by atoms with E-state index in [1.54, 1.807) is 6.92 Å². The molecular weight excluding hydrogens is 719 g/mol. The van der Waals surface area contributed by atoms with E-state index in [9.17, 15) is 19.2 Å². The molecule has 0 amide bonds. The molecule has 2 saturated heterocycles. The van der Waals surface area contributed by atoms with Crippen LogP contribution in [0.1, 0.15) is 110 Å². The molecule has 6 rings (SSSR count). The third kappa shape index (κ3) is 9.17. The normalized spacial score (nSPS) is 17.5. The fraction of sp³-hybridized carbons (Fsp3) is 0.512. The van der Waals surface area contributed by atoms with Gasteiger partial charge < -0.3 is 33.7 Å². The maximum atomic E-state index is 16.2. The molecule has 0 radical (unpaired) electrons. The molecule has 2 atom stereocenters. The molecule has 2 aromatic heterocycles. The van der Waals surface area contributed by atoms with Crippen molar-refractivity contribution in [3.8, 4) is 36.2 Å². The van der Waals surface area contributed by atoms with Gasteiger partial charge in [-0.15, -0.1) is 24.7 Å². The Morgan fingerprint density at radius 2 is 1.68 bits per heavy atom. The highest BCUT2D eigenvalue weighted by Crippen LogP contribution is 2.45. The Hall–Kier alpha value is -5.40. The quantitative estimate of drug-likeness (QED) is 0.0974. The van der Waals surface area contributed by atoms with Crippen LogP contribution in [0, 0.1) is 43.3 Å². The molecule has 2 unspecified atom stereocenters. The minimum Gasteiger partial charge on any atom is -0.492 e. The van der Waals surface area contributed by atoms with Crippen molar-refractivity contribution in [2.45, 2.75) is 109 Å². The molecule has 1 aromatic carbocycles. The lowest BCUT2D eigenvalue weighted by Crippen LogP contribution is -2.40. The number of carbonyl (C=O) groups is 3. The summed E-state index contributed by atoms with van der Waals surface area (Å²) >= 11 is 0. The molecule has 0 bridgehead atoms. The number of benzene rings is 1. The van der Waals surface area contributed by atoms with Gasteiger partial charge in [0.25, 0.3) is 0 Å². The van der Waals surface area contributed by atoms with Gasteiger partial charge in [0.15, 0.2) is 17.3 Å². The fourth-order valence-corrected chi connectivity index (χ4v) is 7.64. The van der Waals surface area contributed by atoms with E-state index in [1.807, 2.05) is 9.47 Å². The number of nitrogens with one attached hydrogen (secondary N) is 1. The standard InChI is InChI=1S/C43H49FN4O8/c1-5-7-9-11-15-36(49)54-25-29-21-46-27(3)41(33(29)26-55-37(50)16-12-10-8-6-2)56-43(52)32-23-48(30-17-18-30)38-31(40(32)51)20-34(44)39(42(38)53-4)47-22-28-14-13-19-45-35(28)24-47/h1-2,20-21,23,28,30,35,45H,7-19,22,24-26H2,3-4H3. The van der Waals surface area contributed by atoms with E-state index in [0.29, 0.717) is 74.3 Å². The SMILES string of the molecule is C#CCCCCC(=O)OCc1cnc(C)c(OC(=O)c2cn(C3CC3)c3c(OC)c(N4CC5CCCNC5C4)c(F)cc3c2=O)c1COC(=O)CCCCC#C. The van der Waals surface area contributed by atoms with E-state index in [4.69, 9.17) is 31.8 Å². The van der Waals surface area contributed by atoms with Crippen LogP contribution in [-0.4, -0.2) is 60.2 Å². The first kappa shape index (κ1) is 40.3. The lowest BCUT2D eigenvalue weighted by molar-refractivity contribution is -0.146. The highest BCUT2D eigenvalue weighted by Gasteiger charge is 2.38. The van der Waals surface area contributed by atoms with E-state index in [2.05, 4.69) is 22.1 Å². The molecule has 12 nitrogen and oxygen atoms in total. The van der Waals surface area contributed by atoms with E-state index < -0.39 is 29.2 Å². The Labute approximate surface area is 326 Å². The van der Waals surface area contributed by atoms with Gasteiger partial charge in [-0.3, -0.25) is 19.4 Å². The molecule has 1 N–H and O–H groups in total. The van der Waals surface area contributed by atoms with Crippen LogP contribution in [0.5, 0.6) is 11.5 Å². The Morgan fingerprint density at radius 3 is 2.32 bits per heavy atom. The zero-order valence-electron chi connectivity index (χ0n) is 32.1. The number of nitrogens with zero attached hydrogens (tertiary/aromatic N) is 3. The number of aryl methyl sites for hydroxylation is 1. The zero-order chi connectivity index (χ0) is 39.8. The van der Waals surface area contributed by atoms with E-state index in [0.717, 1.165) is 32.2 Å². The summed E-state index contributed by atoms with van der Waals surface area (Å²) in [6.07, 6.45) is 21.0. The molecular formula is C43H49FN4O8. The minimum absolute atomic E-state index is 0.00377. The highest BCUT2D eigenvalue weighted by molar-refractivity contribution is 5.98. The number of carbonyl (C=O) groups excluding carboxylic acids is 3. The smallest absolute Gasteiger partial charge is 0.349 e. The first-order valence-electron chi connectivity index (χ1n) is 19.5. The molecule has 296 valence electrons. The summed E-state index contributed by atoms with van der Waals surface area (Å²) in [5.41, 5.74) is 0.570. The van der Waals surface area contributed by atoms with Crippen LogP contribution in [0.2, 0.25) is 0 Å². The predicted molar refractivity (Wildman–Crippen MR) is 208 cm³/mol. The van der Waals surface area contributed by atoms with Gasteiger partial charge in [0.2, 0.25) is 5.43 Å². The second-order valence-corrected chi connectivity index (χ2v) is 14.7. The van der Waals surface area contributed by atoms with Gasteiger partial charge in [-0.25, -0.2) is 9.18 Å². The van der Waals surface area contributed by atoms with Crippen molar-refractivity contribution in [3.63, 3.8) is 0 Å². The van der Waals surface area contributed by atoms with Gasteiger partial charge >= 0.3 is 17.9 Å². The molecule has 3 aliphatic rings. The summed E-state index contributed by atoms with van der Waals surface area (Å²) in [5.74, 6) is 3.11. The average Bonchev–Trinajstić information content (AvgIpc) is 3.95. The molecule has 13 heteroatoms. The van der Waals surface area contributed by atoms with Crippen LogP contribution in [-0.2, 0) is 32.3 Å². The molecule has 2 aliphatic heterocycles. The number of hydrogen-bond donors (Lipinski definition) is 1. The zero-order valence-corrected chi connectivity index (χ0v) is 32.1. The van der Waals surface area contributed by atoms with E-state index >= 15 is 4.39 Å². The number of halogens is 1. The summed E-state index contributed by atoms with van der Waals surface area (Å²) < 4.78 is 41.0. The number of pyridine rings is 2. The van der Waals surface area contributed by atoms with Gasteiger partial charge in [0.1, 0.15) is 24.5 Å². The highest BCUT2D eigenvalue weighted by atomic mass is 19.1. The predicted octanol–water partition coefficient (Wildman–Crippen LogP) is 6.07. The number of ether oxygens (including phenoxy) is 4. The van der Waals surface area contributed by atoms with Gasteiger partial charge in [-0.05, 0) is 76.8 Å². The molecule has 4 heterocycles. The van der Waals surface area contributed by atoms with Crippen molar-refractivity contribution in [2.24, 2.45) is 5.92 Å². The molecule has 1 aliphatic carbocycles. The number of hydrogen-bond acceptors (Lipinski definition) is 11. The van der Waals surface area contributed by atoms with E-state index in [-0.39, 0.29) is 71.8 Å². The number of rotatable bonds is 17. The topological polar surface area (TPSA) is 138 Å². The number of terminal acetylenes is 2. The Balaban J connectivity index is 1.32. The fourth-order valence-electron chi connectivity index (χ4n) is 7.64. The summed E-state index contributed by atoms with van der Waals surface area (Å²) in [6.45, 7) is 3.25. The Morgan fingerprint density at radius 1 is 0.982 bits per heavy atom. The molecule has 1 saturated carbocycles. The van der Waals surface area contributed by atoms with Crippen LogP contribution in [0.25, 0.3) is 10.9 Å². The maximum Gasteiger partial charge on any atom is 0.349 e. The van der Waals surface area contributed by atoms with Crippen LogP contribution >= 0.6 is 0 Å². The van der Waals surface area contributed by atoms with E-state index in [1.165, 1.54) is 25.6 Å². The number of unbranched alkanes of at least 4 members (excludes halogenated alkanes) is 4. The van der Waals surface area contributed by atoms with Crippen LogP contribution < -0.4 is 25.1 Å². The van der Waals surface area contributed by atoms with Crippen molar-refractivity contribution < 1.29 is 37.7 Å². The minimum atomic E-state index is -1.00. The monoisotopic (exact) mass is 768 g/mol. The number of esters is 3. The van der Waals surface area contributed by atoms with Crippen molar-refractivity contribution in [3.05, 3.63) is 56.9 Å². The lowest BCUT2D eigenvalue weighted by Gasteiger charge is -2.25. The largest absolute Gasteiger partial charge is 0.492 e. The average molecular weight is 769 g/mol. The number of fused-ring (bicyclic) bond motifs is 2. The number of anilines is 1. The Kier molecular flexibility index (Phi) is 13.3. The third-order valence-electron chi connectivity index (χ3n) is 10.7. The first-order valence-corrected chi connectivity index (χ1v) is 19.5. The third-order valence-corrected chi connectivity index (χ3v) is 10.7. The maximum absolute atomic E-state index is 16.2. The van der Waals surface area contributed by atoms with Crippen molar-refractivity contribution in [1.82, 2.24) is 14.9 Å². The van der Waals surface area contributed by atoms with Gasteiger partial charge in [-0.2, -0.15) is 0 Å². The number of piperidine rings is 1. The van der Waals surface area contributed by atoms with Crippen LogP contribution in [0.4, 0.5) is 10.1 Å². The van der Waals surface area contributed by atoms with Crippen molar-refractivity contribution >= 4 is 34.5 Å². The summed E-state index contributed by atoms with van der Waals surface area (Å²) in [5, 5.41) is 3.55. The second-order valence-electron chi connectivity index (χ2n) is 14.7. The van der Waals surface area contributed by atoms with Crippen molar-refractivity contribution in [1.29, 1.82) is 0 Å². The lowest BCUT2D eigenvalue weighted by atomic mass is 9.94. The second kappa shape index (κ2) is 18.5. The molecule has 3 aromatic rings. The summed E-state index contributed by atoms with van der Waals surface area (Å²) in [6, 6.07) is 1.40. The van der Waals surface area contributed by atoms with Crippen molar-refractivity contribution in [2.75, 3.05) is 31.6 Å². The van der Waals surface area contributed by atoms with Crippen LogP contribution in [0.3, 0.4) is 0 Å². The summed E-state index contributed by atoms with van der Waals surface area (Å²) in [7, 11) is 1.47. The van der Waals surface area contributed by atoms with Crippen LogP contribution in [0.15, 0.2) is 23.3 Å².